The van der Waals surface area contributed by atoms with E-state index in [4.69, 9.17) is 31.0 Å². The van der Waals surface area contributed by atoms with Crippen LogP contribution in [0.2, 0.25) is 5.02 Å². The number of likely N-dealkylation sites (tertiary alicyclic amines) is 1. The number of rotatable bonds is 10. The molecule has 4 aromatic rings. The zero-order valence-electron chi connectivity index (χ0n) is 23.3. The maximum Gasteiger partial charge on any atom is 0.240 e. The first-order valence-electron chi connectivity index (χ1n) is 14.1. The molecule has 0 spiro atoms. The van der Waals surface area contributed by atoms with Crippen LogP contribution < -0.4 is 9.46 Å². The van der Waals surface area contributed by atoms with Crippen LogP contribution in [0.3, 0.4) is 0 Å². The Hall–Kier alpha value is -3.09. The largest absolute Gasteiger partial charge is 0.473 e. The first-order chi connectivity index (χ1) is 20.3. The molecule has 1 N–H and O–H groups in total. The number of hydrogen-bond acceptors (Lipinski definition) is 7. The lowest BCUT2D eigenvalue weighted by atomic mass is 9.93. The smallest absolute Gasteiger partial charge is 0.240 e. The molecule has 6 rings (SSSR count). The lowest BCUT2D eigenvalue weighted by molar-refractivity contribution is -0.0592. The Balaban J connectivity index is 1.12. The third kappa shape index (κ3) is 6.30. The lowest BCUT2D eigenvalue weighted by Gasteiger charge is -2.32. The highest BCUT2D eigenvalue weighted by Crippen LogP contribution is 2.30. The fourth-order valence-electron chi connectivity index (χ4n) is 5.52. The lowest BCUT2D eigenvalue weighted by Crippen LogP contribution is -2.35. The van der Waals surface area contributed by atoms with Gasteiger partial charge in [-0.3, -0.25) is 4.90 Å². The van der Waals surface area contributed by atoms with Crippen LogP contribution in [-0.2, 0) is 34.5 Å². The van der Waals surface area contributed by atoms with E-state index in [0.29, 0.717) is 35.1 Å². The second-order valence-corrected chi connectivity index (χ2v) is 13.1. The van der Waals surface area contributed by atoms with E-state index in [2.05, 4.69) is 14.2 Å². The number of sulfonamides is 1. The van der Waals surface area contributed by atoms with Crippen molar-refractivity contribution in [1.82, 2.24) is 24.2 Å². The molecule has 2 fully saturated rings. The van der Waals surface area contributed by atoms with Crippen LogP contribution in [0.5, 0.6) is 5.88 Å². The van der Waals surface area contributed by atoms with Crippen molar-refractivity contribution in [1.29, 1.82) is 0 Å². The van der Waals surface area contributed by atoms with Gasteiger partial charge in [-0.15, -0.1) is 0 Å². The van der Waals surface area contributed by atoms with Crippen molar-refractivity contribution in [3.8, 4) is 5.88 Å². The summed E-state index contributed by atoms with van der Waals surface area (Å²) in [4.78, 5) is 12.2. The number of pyridine rings is 1. The van der Waals surface area contributed by atoms with Crippen molar-refractivity contribution in [3.05, 3.63) is 82.5 Å². The van der Waals surface area contributed by atoms with Crippen LogP contribution in [-0.4, -0.2) is 60.7 Å². The predicted octanol–water partition coefficient (Wildman–Crippen LogP) is 4.88. The first kappa shape index (κ1) is 29.0. The molecule has 0 bridgehead atoms. The summed E-state index contributed by atoms with van der Waals surface area (Å²) in [5.41, 5.74) is 2.96. The third-order valence-electron chi connectivity index (χ3n) is 8.06. The summed E-state index contributed by atoms with van der Waals surface area (Å²) in [7, 11) is -2.16. The summed E-state index contributed by atoms with van der Waals surface area (Å²) in [6, 6.07) is 15.4. The number of ether oxygens (including phenoxy) is 2. The summed E-state index contributed by atoms with van der Waals surface area (Å²) in [5.74, 6) is 1.26. The maximum atomic E-state index is 14.1. The molecule has 0 saturated carbocycles. The molecule has 2 aromatic heterocycles. The SMILES string of the molecule is CNS(=O)(=O)c1ccc2c(c1)nc(CN1CCC(c3cccc(OCc4ccc(Cl)cc4F)n3)CC1)n2C[C@@H]1CCO1. The van der Waals surface area contributed by atoms with Gasteiger partial charge in [0.05, 0.1) is 35.1 Å². The van der Waals surface area contributed by atoms with Crippen LogP contribution in [0.1, 0.15) is 42.3 Å². The number of benzene rings is 2. The van der Waals surface area contributed by atoms with Crippen molar-refractivity contribution < 1.29 is 22.3 Å². The fourth-order valence-corrected chi connectivity index (χ4v) is 6.43. The molecule has 9 nitrogen and oxygen atoms in total. The highest BCUT2D eigenvalue weighted by atomic mass is 35.5. The highest BCUT2D eigenvalue weighted by molar-refractivity contribution is 7.89. The van der Waals surface area contributed by atoms with Gasteiger partial charge >= 0.3 is 0 Å². The summed E-state index contributed by atoms with van der Waals surface area (Å²) in [6.45, 7) is 3.94. The molecular weight excluding hydrogens is 581 g/mol. The van der Waals surface area contributed by atoms with E-state index >= 15 is 0 Å². The number of nitrogens with zero attached hydrogens (tertiary/aromatic N) is 4. The van der Waals surface area contributed by atoms with Gasteiger partial charge in [-0.1, -0.05) is 23.7 Å². The van der Waals surface area contributed by atoms with Crippen molar-refractivity contribution in [2.45, 2.75) is 55.9 Å². The van der Waals surface area contributed by atoms with Gasteiger partial charge < -0.3 is 14.0 Å². The Morgan fingerprint density at radius 3 is 2.62 bits per heavy atom. The van der Waals surface area contributed by atoms with Gasteiger partial charge in [-0.25, -0.2) is 27.5 Å². The number of piperidine rings is 1. The second-order valence-electron chi connectivity index (χ2n) is 10.8. The van der Waals surface area contributed by atoms with E-state index in [1.54, 1.807) is 30.3 Å². The van der Waals surface area contributed by atoms with E-state index in [9.17, 15) is 12.8 Å². The Bertz CT molecular complexity index is 1690. The van der Waals surface area contributed by atoms with Gasteiger partial charge in [0.2, 0.25) is 15.9 Å². The Morgan fingerprint density at radius 1 is 1.10 bits per heavy atom. The molecule has 0 unspecified atom stereocenters. The Morgan fingerprint density at radius 2 is 1.90 bits per heavy atom. The Labute approximate surface area is 249 Å². The maximum absolute atomic E-state index is 14.1. The van der Waals surface area contributed by atoms with E-state index in [0.717, 1.165) is 56.0 Å². The van der Waals surface area contributed by atoms with E-state index in [-0.39, 0.29) is 23.5 Å². The number of fused-ring (bicyclic) bond motifs is 1. The zero-order valence-corrected chi connectivity index (χ0v) is 24.9. The molecule has 2 aromatic carbocycles. The molecular formula is C30H33ClFN5O4S. The number of halogens is 2. The van der Waals surface area contributed by atoms with Gasteiger partial charge in [-0.05, 0) is 75.8 Å². The van der Waals surface area contributed by atoms with E-state index < -0.39 is 15.8 Å². The Kier molecular flexibility index (Phi) is 8.46. The summed E-state index contributed by atoms with van der Waals surface area (Å²) >= 11 is 5.85. The van der Waals surface area contributed by atoms with Crippen LogP contribution in [0.15, 0.2) is 59.5 Å². The van der Waals surface area contributed by atoms with Crippen molar-refractivity contribution in [2.24, 2.45) is 0 Å². The number of aromatic nitrogens is 3. The normalized spacial score (nSPS) is 18.3. The monoisotopic (exact) mass is 613 g/mol. The molecule has 0 aliphatic carbocycles. The highest BCUT2D eigenvalue weighted by Gasteiger charge is 2.26. The molecule has 0 radical (unpaired) electrons. The standard InChI is InChI=1S/C30H33ClFN5O4S/c1-33-42(38,39)24-7-8-28-27(16-24)34-29(37(28)17-23-11-14-40-23)18-36-12-9-20(10-13-36)26-3-2-4-30(35-26)41-19-21-5-6-22(31)15-25(21)32/h2-8,15-16,20,23,33H,9-14,17-19H2,1H3/t23-/m0/s1. The molecule has 222 valence electrons. The average molecular weight is 614 g/mol. The molecule has 4 heterocycles. The van der Waals surface area contributed by atoms with Gasteiger partial charge in [0.25, 0.3) is 0 Å². The van der Waals surface area contributed by atoms with Crippen molar-refractivity contribution >= 4 is 32.7 Å². The van der Waals surface area contributed by atoms with Crippen LogP contribution >= 0.6 is 11.6 Å². The molecule has 1 atom stereocenters. The minimum Gasteiger partial charge on any atom is -0.473 e. The quantitative estimate of drug-likeness (QED) is 0.272. The van der Waals surface area contributed by atoms with Gasteiger partial charge in [0, 0.05) is 34.9 Å². The molecule has 2 aliphatic rings. The fraction of sp³-hybridized carbons (Fsp3) is 0.400. The number of nitrogens with one attached hydrogen (secondary N) is 1. The second kappa shape index (κ2) is 12.3. The topological polar surface area (TPSA) is 98.6 Å². The van der Waals surface area contributed by atoms with Gasteiger partial charge in [0.1, 0.15) is 18.2 Å². The molecule has 0 amide bonds. The van der Waals surface area contributed by atoms with Gasteiger partial charge in [0.15, 0.2) is 0 Å². The molecule has 2 saturated heterocycles. The molecule has 12 heteroatoms. The third-order valence-corrected chi connectivity index (χ3v) is 9.71. The first-order valence-corrected chi connectivity index (χ1v) is 16.0. The van der Waals surface area contributed by atoms with Crippen LogP contribution in [0.4, 0.5) is 4.39 Å². The summed E-state index contributed by atoms with van der Waals surface area (Å²) < 4.78 is 54.9. The van der Waals surface area contributed by atoms with Gasteiger partial charge in [-0.2, -0.15) is 0 Å². The number of imidazole rings is 1. The molecule has 2 aliphatic heterocycles. The van der Waals surface area contributed by atoms with Crippen molar-refractivity contribution in [2.75, 3.05) is 26.7 Å². The summed E-state index contributed by atoms with van der Waals surface area (Å²) in [6.07, 6.45) is 3.00. The summed E-state index contributed by atoms with van der Waals surface area (Å²) in [5, 5.41) is 0.349. The molecule has 42 heavy (non-hydrogen) atoms. The predicted molar refractivity (Wildman–Crippen MR) is 158 cm³/mol. The van der Waals surface area contributed by atoms with Crippen LogP contribution in [0, 0.1) is 5.82 Å². The van der Waals surface area contributed by atoms with Crippen molar-refractivity contribution in [3.63, 3.8) is 0 Å². The van der Waals surface area contributed by atoms with E-state index in [1.165, 1.54) is 13.1 Å². The minimum absolute atomic E-state index is 0.0766. The average Bonchev–Trinajstić information content (AvgIpc) is 3.31. The number of hydrogen-bond donors (Lipinski definition) is 1. The van der Waals surface area contributed by atoms with Crippen LogP contribution in [0.25, 0.3) is 11.0 Å². The minimum atomic E-state index is -3.56. The van der Waals surface area contributed by atoms with E-state index in [1.807, 2.05) is 18.2 Å². The zero-order chi connectivity index (χ0) is 29.3.